The summed E-state index contributed by atoms with van der Waals surface area (Å²) >= 11 is 0. The van der Waals surface area contributed by atoms with Crippen molar-refractivity contribution in [1.29, 1.82) is 0 Å². The molecule has 0 saturated carbocycles. The third kappa shape index (κ3) is 4.98. The minimum absolute atomic E-state index is 0.0905. The Morgan fingerprint density at radius 3 is 2.49 bits per heavy atom. The van der Waals surface area contributed by atoms with Gasteiger partial charge in [-0.25, -0.2) is 4.98 Å². The second-order valence-electron chi connectivity index (χ2n) is 8.88. The maximum Gasteiger partial charge on any atom is 0.253 e. The SMILES string of the molecule is CC(=O)Nc1ccc(-c2cc(C(=O)NCc3c(C)cc(C)[nH]c3=O)c3cnn(C(C)C)c3c2)cn1. The molecule has 0 bridgehead atoms. The van der Waals surface area contributed by atoms with Crippen LogP contribution in [0.4, 0.5) is 5.82 Å². The normalized spacial score (nSPS) is 11.1. The topological polar surface area (TPSA) is 122 Å². The molecule has 0 atom stereocenters. The van der Waals surface area contributed by atoms with Crippen molar-refractivity contribution in [3.8, 4) is 11.1 Å². The number of pyridine rings is 2. The Bertz CT molecular complexity index is 1480. The average Bonchev–Trinajstić information content (AvgIpc) is 3.22. The maximum absolute atomic E-state index is 13.3. The molecule has 1 aromatic carbocycles. The lowest BCUT2D eigenvalue weighted by atomic mass is 10.0. The van der Waals surface area contributed by atoms with E-state index in [9.17, 15) is 14.4 Å². The number of amides is 2. The van der Waals surface area contributed by atoms with Gasteiger partial charge in [-0.05, 0) is 69.2 Å². The number of H-pyrrole nitrogens is 1. The van der Waals surface area contributed by atoms with Crippen LogP contribution >= 0.6 is 0 Å². The zero-order chi connectivity index (χ0) is 25.3. The van der Waals surface area contributed by atoms with Gasteiger partial charge in [-0.15, -0.1) is 0 Å². The highest BCUT2D eigenvalue weighted by atomic mass is 16.2. The molecule has 0 fully saturated rings. The van der Waals surface area contributed by atoms with Gasteiger partial charge in [0.05, 0.1) is 17.3 Å². The van der Waals surface area contributed by atoms with Crippen LogP contribution in [0, 0.1) is 13.8 Å². The molecule has 3 N–H and O–H groups in total. The number of nitrogens with zero attached hydrogens (tertiary/aromatic N) is 3. The van der Waals surface area contributed by atoms with Crippen LogP contribution in [-0.2, 0) is 11.3 Å². The fourth-order valence-electron chi connectivity index (χ4n) is 4.10. The number of hydrogen-bond donors (Lipinski definition) is 3. The Morgan fingerprint density at radius 1 is 1.09 bits per heavy atom. The van der Waals surface area contributed by atoms with Gasteiger partial charge in [0.15, 0.2) is 0 Å². The van der Waals surface area contributed by atoms with E-state index in [0.29, 0.717) is 16.9 Å². The standard InChI is InChI=1S/C26H28N6O3/c1-14(2)32-23-10-19(18-6-7-24(27-11-18)31-17(5)33)9-20(22(23)13-29-32)25(34)28-12-21-15(3)8-16(4)30-26(21)35/h6-11,13-14H,12H2,1-5H3,(H,28,34)(H,30,35)(H,27,31,33). The summed E-state index contributed by atoms with van der Waals surface area (Å²) in [7, 11) is 0. The summed E-state index contributed by atoms with van der Waals surface area (Å²) in [6, 6.07) is 9.30. The number of aromatic amines is 1. The van der Waals surface area contributed by atoms with Crippen LogP contribution in [0.5, 0.6) is 0 Å². The molecule has 0 radical (unpaired) electrons. The van der Waals surface area contributed by atoms with Gasteiger partial charge in [-0.2, -0.15) is 5.10 Å². The molecule has 4 aromatic rings. The smallest absolute Gasteiger partial charge is 0.253 e. The van der Waals surface area contributed by atoms with E-state index in [1.807, 2.05) is 50.6 Å². The summed E-state index contributed by atoms with van der Waals surface area (Å²) in [6.45, 7) is 9.25. The van der Waals surface area contributed by atoms with Crippen LogP contribution in [-0.4, -0.2) is 31.6 Å². The lowest BCUT2D eigenvalue weighted by Crippen LogP contribution is -2.28. The number of fused-ring (bicyclic) bond motifs is 1. The number of benzene rings is 1. The van der Waals surface area contributed by atoms with E-state index in [4.69, 9.17) is 0 Å². The molecule has 4 rings (SSSR count). The number of aromatic nitrogens is 4. The second kappa shape index (κ2) is 9.54. The molecule has 0 aliphatic rings. The van der Waals surface area contributed by atoms with Crippen LogP contribution in [0.2, 0.25) is 0 Å². The molecule has 3 heterocycles. The van der Waals surface area contributed by atoms with Gasteiger partial charge in [0.2, 0.25) is 5.91 Å². The van der Waals surface area contributed by atoms with Gasteiger partial charge in [0, 0.05) is 47.9 Å². The molecule has 9 heteroatoms. The summed E-state index contributed by atoms with van der Waals surface area (Å²) in [5.74, 6) is -0.0531. The van der Waals surface area contributed by atoms with E-state index in [0.717, 1.165) is 33.3 Å². The first kappa shape index (κ1) is 23.9. The molecule has 180 valence electrons. The number of nitrogens with one attached hydrogen (secondary N) is 3. The van der Waals surface area contributed by atoms with Crippen molar-refractivity contribution < 1.29 is 9.59 Å². The third-order valence-electron chi connectivity index (χ3n) is 5.77. The van der Waals surface area contributed by atoms with Crippen LogP contribution in [0.25, 0.3) is 22.0 Å². The molecule has 0 aliphatic heterocycles. The van der Waals surface area contributed by atoms with Gasteiger partial charge < -0.3 is 15.6 Å². The first-order chi connectivity index (χ1) is 16.6. The highest BCUT2D eigenvalue weighted by Gasteiger charge is 2.18. The van der Waals surface area contributed by atoms with E-state index in [1.54, 1.807) is 24.5 Å². The molecular weight excluding hydrogens is 444 g/mol. The molecule has 0 saturated heterocycles. The van der Waals surface area contributed by atoms with Crippen molar-refractivity contribution in [1.82, 2.24) is 25.1 Å². The van der Waals surface area contributed by atoms with Gasteiger partial charge >= 0.3 is 0 Å². The van der Waals surface area contributed by atoms with E-state index >= 15 is 0 Å². The molecule has 35 heavy (non-hydrogen) atoms. The molecule has 9 nitrogen and oxygen atoms in total. The highest BCUT2D eigenvalue weighted by Crippen LogP contribution is 2.29. The molecule has 2 amide bonds. The van der Waals surface area contributed by atoms with Crippen molar-refractivity contribution in [3.05, 3.63) is 75.5 Å². The highest BCUT2D eigenvalue weighted by molar-refractivity contribution is 6.08. The van der Waals surface area contributed by atoms with E-state index in [-0.39, 0.29) is 30.0 Å². The fraction of sp³-hybridized carbons (Fsp3) is 0.269. The lowest BCUT2D eigenvalue weighted by molar-refractivity contribution is -0.114. The van der Waals surface area contributed by atoms with Crippen LogP contribution in [0.3, 0.4) is 0 Å². The Labute approximate surface area is 202 Å². The monoisotopic (exact) mass is 472 g/mol. The number of aryl methyl sites for hydroxylation is 2. The average molecular weight is 473 g/mol. The van der Waals surface area contributed by atoms with E-state index in [1.165, 1.54) is 6.92 Å². The van der Waals surface area contributed by atoms with Gasteiger partial charge in [-0.1, -0.05) is 0 Å². The molecule has 0 aliphatic carbocycles. The summed E-state index contributed by atoms with van der Waals surface area (Å²) in [6.07, 6.45) is 3.34. The van der Waals surface area contributed by atoms with Crippen molar-refractivity contribution in [3.63, 3.8) is 0 Å². The van der Waals surface area contributed by atoms with Crippen LogP contribution in [0.1, 0.15) is 54.0 Å². The number of hydrogen-bond acceptors (Lipinski definition) is 5. The summed E-state index contributed by atoms with van der Waals surface area (Å²) in [4.78, 5) is 44.1. The first-order valence-corrected chi connectivity index (χ1v) is 11.4. The Morgan fingerprint density at radius 2 is 1.86 bits per heavy atom. The minimum Gasteiger partial charge on any atom is -0.348 e. The van der Waals surface area contributed by atoms with Gasteiger partial charge in [0.1, 0.15) is 5.82 Å². The molecule has 0 unspecified atom stereocenters. The number of carbonyl (C=O) groups is 2. The Hall–Kier alpha value is -4.27. The van der Waals surface area contributed by atoms with Gasteiger partial charge in [-0.3, -0.25) is 19.1 Å². The largest absolute Gasteiger partial charge is 0.348 e. The number of rotatable bonds is 6. The van der Waals surface area contributed by atoms with Crippen molar-refractivity contribution in [2.45, 2.75) is 47.2 Å². The third-order valence-corrected chi connectivity index (χ3v) is 5.77. The minimum atomic E-state index is -0.303. The van der Waals surface area contributed by atoms with Gasteiger partial charge in [0.25, 0.3) is 11.5 Å². The van der Waals surface area contributed by atoms with Crippen molar-refractivity contribution in [2.75, 3.05) is 5.32 Å². The number of carbonyl (C=O) groups excluding carboxylic acids is 2. The second-order valence-corrected chi connectivity index (χ2v) is 8.88. The number of anilines is 1. The van der Waals surface area contributed by atoms with Crippen LogP contribution < -0.4 is 16.2 Å². The van der Waals surface area contributed by atoms with Crippen LogP contribution in [0.15, 0.2) is 47.5 Å². The Balaban J connectivity index is 1.73. The predicted octanol–water partition coefficient (Wildman–Crippen LogP) is 3.87. The molecule has 3 aromatic heterocycles. The maximum atomic E-state index is 13.3. The van der Waals surface area contributed by atoms with Crippen molar-refractivity contribution >= 4 is 28.5 Å². The summed E-state index contributed by atoms with van der Waals surface area (Å²) in [5, 5.41) is 10.8. The summed E-state index contributed by atoms with van der Waals surface area (Å²) in [5.41, 5.74) is 4.76. The molecular formula is C26H28N6O3. The predicted molar refractivity (Wildman–Crippen MR) is 135 cm³/mol. The zero-order valence-corrected chi connectivity index (χ0v) is 20.4. The quantitative estimate of drug-likeness (QED) is 0.393. The molecule has 0 spiro atoms. The van der Waals surface area contributed by atoms with E-state index < -0.39 is 0 Å². The zero-order valence-electron chi connectivity index (χ0n) is 20.4. The Kier molecular flexibility index (Phi) is 6.50. The first-order valence-electron chi connectivity index (χ1n) is 11.4. The van der Waals surface area contributed by atoms with E-state index in [2.05, 4.69) is 25.7 Å². The summed E-state index contributed by atoms with van der Waals surface area (Å²) < 4.78 is 1.86. The fourth-order valence-corrected chi connectivity index (χ4v) is 4.10. The van der Waals surface area contributed by atoms with Crippen molar-refractivity contribution in [2.24, 2.45) is 0 Å². The lowest BCUT2D eigenvalue weighted by Gasteiger charge is -2.13.